The zero-order valence-electron chi connectivity index (χ0n) is 15.8. The molecule has 0 saturated heterocycles. The van der Waals surface area contributed by atoms with Crippen LogP contribution in [0.3, 0.4) is 0 Å². The first-order valence-corrected chi connectivity index (χ1v) is 9.06. The lowest BCUT2D eigenvalue weighted by molar-refractivity contribution is -0.151. The Balaban J connectivity index is 1.85. The predicted octanol–water partition coefficient (Wildman–Crippen LogP) is 3.08. The van der Waals surface area contributed by atoms with Crippen LogP contribution < -0.4 is 5.32 Å². The second-order valence-electron chi connectivity index (χ2n) is 6.26. The van der Waals surface area contributed by atoms with Gasteiger partial charge in [-0.3, -0.25) is 19.3 Å². The number of nitrogens with zero attached hydrogens (tertiary/aromatic N) is 3. The summed E-state index contributed by atoms with van der Waals surface area (Å²) < 4.78 is 7.02. The van der Waals surface area contributed by atoms with Gasteiger partial charge in [0.1, 0.15) is 5.69 Å². The van der Waals surface area contributed by atoms with Crippen molar-refractivity contribution in [2.45, 2.75) is 32.9 Å². The van der Waals surface area contributed by atoms with E-state index in [2.05, 4.69) is 15.4 Å². The summed E-state index contributed by atoms with van der Waals surface area (Å²) in [5.41, 5.74) is 2.94. The van der Waals surface area contributed by atoms with E-state index in [1.54, 1.807) is 23.3 Å². The standard InChI is InChI=1S/C21H22N4O3/c1-3-25-14-18(20(24-25)17-9-11-22-12-10-17)23-21(27)19(28-15(2)26)13-16-7-5-4-6-8-16/h4-12,14,19H,3,13H2,1-2H3,(H,23,27)/t19-/m1/s1. The number of rotatable bonds is 7. The lowest BCUT2D eigenvalue weighted by Crippen LogP contribution is -2.33. The molecule has 1 amide bonds. The Morgan fingerprint density at radius 3 is 2.50 bits per heavy atom. The third-order valence-corrected chi connectivity index (χ3v) is 4.16. The van der Waals surface area contributed by atoms with Crippen LogP contribution in [0.25, 0.3) is 11.3 Å². The largest absolute Gasteiger partial charge is 0.452 e. The van der Waals surface area contributed by atoms with Gasteiger partial charge in [-0.05, 0) is 24.6 Å². The topological polar surface area (TPSA) is 86.1 Å². The van der Waals surface area contributed by atoms with Crippen molar-refractivity contribution in [3.63, 3.8) is 0 Å². The molecule has 2 aromatic heterocycles. The van der Waals surface area contributed by atoms with Crippen LogP contribution in [0.5, 0.6) is 0 Å². The summed E-state index contributed by atoms with van der Waals surface area (Å²) >= 11 is 0. The Labute approximate surface area is 163 Å². The van der Waals surface area contributed by atoms with E-state index in [0.717, 1.165) is 11.1 Å². The van der Waals surface area contributed by atoms with E-state index in [4.69, 9.17) is 4.74 Å². The number of pyridine rings is 1. The zero-order valence-corrected chi connectivity index (χ0v) is 15.8. The molecule has 0 spiro atoms. The number of benzene rings is 1. The fourth-order valence-electron chi connectivity index (χ4n) is 2.83. The van der Waals surface area contributed by atoms with Gasteiger partial charge in [-0.25, -0.2) is 0 Å². The Morgan fingerprint density at radius 1 is 1.14 bits per heavy atom. The number of carbonyl (C=O) groups is 2. The molecule has 3 rings (SSSR count). The van der Waals surface area contributed by atoms with Gasteiger partial charge in [-0.15, -0.1) is 0 Å². The van der Waals surface area contributed by atoms with E-state index in [9.17, 15) is 9.59 Å². The van der Waals surface area contributed by atoms with Gasteiger partial charge in [0.2, 0.25) is 0 Å². The molecule has 0 aliphatic rings. The highest BCUT2D eigenvalue weighted by atomic mass is 16.5. The predicted molar refractivity (Wildman–Crippen MR) is 105 cm³/mol. The maximum atomic E-state index is 12.9. The fraction of sp³-hybridized carbons (Fsp3) is 0.238. The lowest BCUT2D eigenvalue weighted by atomic mass is 10.1. The molecule has 3 aromatic rings. The molecule has 0 saturated carbocycles. The molecular weight excluding hydrogens is 356 g/mol. The summed E-state index contributed by atoms with van der Waals surface area (Å²) in [5.74, 6) is -0.903. The quantitative estimate of drug-likeness (QED) is 0.639. The van der Waals surface area contributed by atoms with E-state index in [1.807, 2.05) is 49.4 Å². The molecular formula is C21H22N4O3. The van der Waals surface area contributed by atoms with Gasteiger partial charge in [-0.2, -0.15) is 5.10 Å². The molecule has 1 atom stereocenters. The fourth-order valence-corrected chi connectivity index (χ4v) is 2.83. The second kappa shape index (κ2) is 8.94. The van der Waals surface area contributed by atoms with Gasteiger partial charge in [0.15, 0.2) is 6.10 Å². The van der Waals surface area contributed by atoms with Crippen LogP contribution in [0.15, 0.2) is 61.1 Å². The first kappa shape index (κ1) is 19.3. The number of nitrogens with one attached hydrogen (secondary N) is 1. The molecule has 0 bridgehead atoms. The van der Waals surface area contributed by atoms with Gasteiger partial charge in [0.05, 0.1) is 5.69 Å². The van der Waals surface area contributed by atoms with Crippen LogP contribution in [-0.4, -0.2) is 32.7 Å². The number of carbonyl (C=O) groups excluding carboxylic acids is 2. The zero-order chi connectivity index (χ0) is 19.9. The molecule has 1 N–H and O–H groups in total. The first-order chi connectivity index (χ1) is 13.6. The van der Waals surface area contributed by atoms with Gasteiger partial charge in [0, 0.05) is 44.0 Å². The van der Waals surface area contributed by atoms with Crippen molar-refractivity contribution in [1.82, 2.24) is 14.8 Å². The van der Waals surface area contributed by atoms with Crippen LogP contribution in [0, 0.1) is 0 Å². The number of anilines is 1. The molecule has 7 heteroatoms. The minimum Gasteiger partial charge on any atom is -0.452 e. The normalized spacial score (nSPS) is 11.6. The average Bonchev–Trinajstić information content (AvgIpc) is 3.11. The number of esters is 1. The monoisotopic (exact) mass is 378 g/mol. The number of ether oxygens (including phenoxy) is 1. The van der Waals surface area contributed by atoms with Crippen LogP contribution in [0.4, 0.5) is 5.69 Å². The average molecular weight is 378 g/mol. The van der Waals surface area contributed by atoms with Crippen LogP contribution in [0.2, 0.25) is 0 Å². The summed E-state index contributed by atoms with van der Waals surface area (Å²) in [6.07, 6.45) is 4.46. The minimum absolute atomic E-state index is 0.290. The van der Waals surface area contributed by atoms with Crippen molar-refractivity contribution in [3.8, 4) is 11.3 Å². The maximum Gasteiger partial charge on any atom is 0.303 e. The highest BCUT2D eigenvalue weighted by Gasteiger charge is 2.24. The van der Waals surface area contributed by atoms with Crippen LogP contribution in [0.1, 0.15) is 19.4 Å². The highest BCUT2D eigenvalue weighted by Crippen LogP contribution is 2.26. The van der Waals surface area contributed by atoms with E-state index in [1.165, 1.54) is 6.92 Å². The van der Waals surface area contributed by atoms with Crippen molar-refractivity contribution < 1.29 is 14.3 Å². The molecule has 0 unspecified atom stereocenters. The number of hydrogen-bond donors (Lipinski definition) is 1. The lowest BCUT2D eigenvalue weighted by Gasteiger charge is -2.17. The minimum atomic E-state index is -0.935. The third kappa shape index (κ3) is 4.82. The molecule has 0 fully saturated rings. The summed E-state index contributed by atoms with van der Waals surface area (Å²) in [6.45, 7) is 3.92. The summed E-state index contributed by atoms with van der Waals surface area (Å²) in [6, 6.07) is 13.1. The van der Waals surface area contributed by atoms with Crippen LogP contribution in [-0.2, 0) is 27.3 Å². The molecule has 0 aliphatic carbocycles. The Bertz CT molecular complexity index is 939. The van der Waals surface area contributed by atoms with Crippen molar-refractivity contribution >= 4 is 17.6 Å². The van der Waals surface area contributed by atoms with Crippen LogP contribution >= 0.6 is 0 Å². The Morgan fingerprint density at radius 2 is 1.86 bits per heavy atom. The van der Waals surface area contributed by atoms with Gasteiger partial charge in [-0.1, -0.05) is 30.3 Å². The molecule has 2 heterocycles. The SMILES string of the molecule is CCn1cc(NC(=O)[C@@H](Cc2ccccc2)OC(C)=O)c(-c2ccncc2)n1. The number of aryl methyl sites for hydroxylation is 1. The molecule has 0 aliphatic heterocycles. The van der Waals surface area contributed by atoms with Crippen molar-refractivity contribution in [3.05, 3.63) is 66.6 Å². The third-order valence-electron chi connectivity index (χ3n) is 4.16. The summed E-state index contributed by atoms with van der Waals surface area (Å²) in [4.78, 5) is 28.4. The van der Waals surface area contributed by atoms with Crippen molar-refractivity contribution in [2.24, 2.45) is 0 Å². The van der Waals surface area contributed by atoms with E-state index < -0.39 is 18.0 Å². The highest BCUT2D eigenvalue weighted by molar-refractivity contribution is 5.98. The van der Waals surface area contributed by atoms with E-state index in [0.29, 0.717) is 24.3 Å². The summed E-state index contributed by atoms with van der Waals surface area (Å²) in [5, 5.41) is 7.39. The smallest absolute Gasteiger partial charge is 0.303 e. The first-order valence-electron chi connectivity index (χ1n) is 9.06. The van der Waals surface area contributed by atoms with Gasteiger partial charge in [0.25, 0.3) is 5.91 Å². The van der Waals surface area contributed by atoms with E-state index >= 15 is 0 Å². The molecule has 28 heavy (non-hydrogen) atoms. The number of aromatic nitrogens is 3. The molecule has 1 aromatic carbocycles. The number of hydrogen-bond acceptors (Lipinski definition) is 5. The second-order valence-corrected chi connectivity index (χ2v) is 6.26. The molecule has 144 valence electrons. The Hall–Kier alpha value is -3.48. The van der Waals surface area contributed by atoms with Crippen molar-refractivity contribution in [2.75, 3.05) is 5.32 Å². The molecule has 7 nitrogen and oxygen atoms in total. The van der Waals surface area contributed by atoms with E-state index in [-0.39, 0.29) is 0 Å². The summed E-state index contributed by atoms with van der Waals surface area (Å²) in [7, 11) is 0. The number of amides is 1. The van der Waals surface area contributed by atoms with Gasteiger partial charge >= 0.3 is 5.97 Å². The van der Waals surface area contributed by atoms with Crippen molar-refractivity contribution in [1.29, 1.82) is 0 Å². The Kier molecular flexibility index (Phi) is 6.16. The van der Waals surface area contributed by atoms with Gasteiger partial charge < -0.3 is 10.1 Å². The molecule has 0 radical (unpaired) electrons. The maximum absolute atomic E-state index is 12.9.